The predicted molar refractivity (Wildman–Crippen MR) is 103 cm³/mol. The number of sulfone groups is 1. The number of piperidine rings is 1. The van der Waals surface area contributed by atoms with Gasteiger partial charge in [0.2, 0.25) is 0 Å². The van der Waals surface area contributed by atoms with E-state index in [0.717, 1.165) is 37.8 Å². The molecule has 3 atom stereocenters. The van der Waals surface area contributed by atoms with Crippen LogP contribution in [-0.4, -0.2) is 60.8 Å². The molecule has 2 heterocycles. The van der Waals surface area contributed by atoms with Crippen molar-refractivity contribution in [3.63, 3.8) is 0 Å². The minimum atomic E-state index is -4.64. The molecule has 1 aliphatic heterocycles. The fraction of sp³-hybridized carbons (Fsp3) is 0.450. The van der Waals surface area contributed by atoms with Gasteiger partial charge in [0.15, 0.2) is 15.9 Å². The Morgan fingerprint density at radius 1 is 1.29 bits per heavy atom. The van der Waals surface area contributed by atoms with Crippen LogP contribution in [-0.2, 0) is 15.3 Å². The molecule has 11 heteroatoms. The quantitative estimate of drug-likeness (QED) is 0.689. The van der Waals surface area contributed by atoms with Crippen molar-refractivity contribution in [1.82, 2.24) is 14.9 Å². The van der Waals surface area contributed by atoms with Crippen molar-refractivity contribution in [3.05, 3.63) is 48.0 Å². The monoisotopic (exact) mass is 455 g/mol. The highest BCUT2D eigenvalue weighted by molar-refractivity contribution is 7.90. The van der Waals surface area contributed by atoms with E-state index in [0.29, 0.717) is 18.9 Å². The highest BCUT2D eigenvalue weighted by Gasteiger charge is 2.63. The fourth-order valence-corrected chi connectivity index (χ4v) is 4.62. The lowest BCUT2D eigenvalue weighted by Gasteiger charge is -2.24. The molecule has 2 fully saturated rings. The van der Waals surface area contributed by atoms with Crippen LogP contribution in [0, 0.1) is 5.92 Å². The van der Waals surface area contributed by atoms with Crippen LogP contribution in [0.3, 0.4) is 0 Å². The summed E-state index contributed by atoms with van der Waals surface area (Å²) in [7, 11) is -3.68. The van der Waals surface area contributed by atoms with E-state index in [9.17, 15) is 26.4 Å². The number of carbonyl (C=O) groups is 1. The number of carbonyl (C=O) groups excluding carboxylic acids is 1. The van der Waals surface area contributed by atoms with Gasteiger partial charge in [0, 0.05) is 31.7 Å². The topological polar surface area (TPSA) is 89.5 Å². The van der Waals surface area contributed by atoms with E-state index in [1.54, 1.807) is 18.5 Å². The summed E-state index contributed by atoms with van der Waals surface area (Å²) < 4.78 is 67.9. The summed E-state index contributed by atoms with van der Waals surface area (Å²) in [4.78, 5) is 23.2. The lowest BCUT2D eigenvalue weighted by Crippen LogP contribution is -2.35. The first-order valence-corrected chi connectivity index (χ1v) is 11.5. The maximum atomic E-state index is 13.2. The Bertz CT molecular complexity index is 1120. The normalized spacial score (nSPS) is 23.9. The smallest absolute Gasteiger partial charge is 0.425 e. The first-order valence-electron chi connectivity index (χ1n) is 9.56. The molecular formula is C20H20F3N3O4S. The molecule has 166 valence electrons. The van der Waals surface area contributed by atoms with E-state index < -0.39 is 28.0 Å². The van der Waals surface area contributed by atoms with Crippen LogP contribution in [0.15, 0.2) is 41.6 Å². The van der Waals surface area contributed by atoms with E-state index in [1.807, 2.05) is 0 Å². The van der Waals surface area contributed by atoms with Crippen LogP contribution >= 0.6 is 0 Å². The maximum absolute atomic E-state index is 13.2. The average molecular weight is 455 g/mol. The number of hydrogen-bond donors (Lipinski definition) is 0. The SMILES string of the molecule is C[C@H](Oc1ccc(S(C)(=O)=O)cc1C(=O)N1CC2CC2(c2ncccn2)C1)C(F)(F)F. The van der Waals surface area contributed by atoms with Crippen LogP contribution in [0.5, 0.6) is 5.75 Å². The molecule has 1 saturated heterocycles. The van der Waals surface area contributed by atoms with Gasteiger partial charge in [0.1, 0.15) is 11.6 Å². The summed E-state index contributed by atoms with van der Waals surface area (Å²) in [5.41, 5.74) is -0.587. The number of nitrogens with zero attached hydrogens (tertiary/aromatic N) is 3. The lowest BCUT2D eigenvalue weighted by molar-refractivity contribution is -0.189. The summed E-state index contributed by atoms with van der Waals surface area (Å²) >= 11 is 0. The Morgan fingerprint density at radius 2 is 1.97 bits per heavy atom. The molecule has 1 aromatic carbocycles. The molecule has 1 aromatic heterocycles. The van der Waals surface area contributed by atoms with Crippen LogP contribution in [0.4, 0.5) is 13.2 Å². The molecule has 31 heavy (non-hydrogen) atoms. The molecule has 1 amide bonds. The number of rotatable bonds is 5. The largest absolute Gasteiger partial charge is 0.480 e. The zero-order valence-electron chi connectivity index (χ0n) is 16.8. The van der Waals surface area contributed by atoms with E-state index in [-0.39, 0.29) is 27.5 Å². The van der Waals surface area contributed by atoms with Gasteiger partial charge in [0.05, 0.1) is 15.9 Å². The minimum absolute atomic E-state index is 0.149. The van der Waals surface area contributed by atoms with E-state index >= 15 is 0 Å². The van der Waals surface area contributed by atoms with Crippen molar-refractivity contribution in [2.24, 2.45) is 5.92 Å². The minimum Gasteiger partial charge on any atom is -0.480 e. The van der Waals surface area contributed by atoms with Crippen LogP contribution in [0.1, 0.15) is 29.5 Å². The Morgan fingerprint density at radius 3 is 2.58 bits per heavy atom. The van der Waals surface area contributed by atoms with Crippen molar-refractivity contribution >= 4 is 15.7 Å². The van der Waals surface area contributed by atoms with Gasteiger partial charge in [-0.05, 0) is 43.5 Å². The molecule has 2 unspecified atom stereocenters. The molecule has 1 saturated carbocycles. The summed E-state index contributed by atoms with van der Waals surface area (Å²) in [6.07, 6.45) is -1.78. The third-order valence-corrected chi connectivity index (χ3v) is 6.93. The van der Waals surface area contributed by atoms with E-state index in [4.69, 9.17) is 4.74 Å². The zero-order valence-corrected chi connectivity index (χ0v) is 17.6. The van der Waals surface area contributed by atoms with Gasteiger partial charge in [0.25, 0.3) is 5.91 Å². The summed E-state index contributed by atoms with van der Waals surface area (Å²) in [6, 6.07) is 4.99. The van der Waals surface area contributed by atoms with Crippen LogP contribution in [0.25, 0.3) is 0 Å². The maximum Gasteiger partial charge on any atom is 0.425 e. The number of likely N-dealkylation sites (tertiary alicyclic amines) is 1. The van der Waals surface area contributed by atoms with Gasteiger partial charge < -0.3 is 9.64 Å². The zero-order chi connectivity index (χ0) is 22.6. The van der Waals surface area contributed by atoms with Crippen molar-refractivity contribution in [1.29, 1.82) is 0 Å². The van der Waals surface area contributed by atoms with Crippen molar-refractivity contribution in [3.8, 4) is 5.75 Å². The highest BCUT2D eigenvalue weighted by atomic mass is 32.2. The molecule has 7 nitrogen and oxygen atoms in total. The first-order chi connectivity index (χ1) is 14.4. The Balaban J connectivity index is 1.65. The van der Waals surface area contributed by atoms with Crippen LogP contribution in [0.2, 0.25) is 0 Å². The van der Waals surface area contributed by atoms with E-state index in [1.165, 1.54) is 4.90 Å². The number of ether oxygens (including phenoxy) is 1. The van der Waals surface area contributed by atoms with Gasteiger partial charge in [-0.2, -0.15) is 13.2 Å². The second kappa shape index (κ2) is 7.18. The predicted octanol–water partition coefficient (Wildman–Crippen LogP) is 2.62. The second-order valence-electron chi connectivity index (χ2n) is 8.05. The van der Waals surface area contributed by atoms with Gasteiger partial charge in [-0.1, -0.05) is 0 Å². The van der Waals surface area contributed by atoms with Gasteiger partial charge in [-0.15, -0.1) is 0 Å². The first kappa shape index (κ1) is 21.5. The Kier molecular flexibility index (Phi) is 4.99. The van der Waals surface area contributed by atoms with Gasteiger partial charge in [-0.3, -0.25) is 4.79 Å². The molecule has 2 aromatic rings. The van der Waals surface area contributed by atoms with E-state index in [2.05, 4.69) is 9.97 Å². The third kappa shape index (κ3) is 3.98. The lowest BCUT2D eigenvalue weighted by atomic mass is 10.1. The molecule has 0 bridgehead atoms. The van der Waals surface area contributed by atoms with Gasteiger partial charge in [-0.25, -0.2) is 18.4 Å². The fourth-order valence-electron chi connectivity index (χ4n) is 3.98. The molecule has 0 N–H and O–H groups in total. The van der Waals surface area contributed by atoms with Gasteiger partial charge >= 0.3 is 6.18 Å². The van der Waals surface area contributed by atoms with Crippen LogP contribution < -0.4 is 4.74 Å². The molecular weight excluding hydrogens is 435 g/mol. The number of amides is 1. The number of hydrogen-bond acceptors (Lipinski definition) is 6. The average Bonchev–Trinajstić information content (AvgIpc) is 3.28. The number of aromatic nitrogens is 2. The van der Waals surface area contributed by atoms with Crippen molar-refractivity contribution in [2.75, 3.05) is 19.3 Å². The summed E-state index contributed by atoms with van der Waals surface area (Å²) in [6.45, 7) is 1.51. The van der Waals surface area contributed by atoms with Crippen molar-refractivity contribution in [2.45, 2.75) is 35.9 Å². The summed E-state index contributed by atoms with van der Waals surface area (Å²) in [5, 5.41) is 0. The second-order valence-corrected chi connectivity index (χ2v) is 10.1. The Hall–Kier alpha value is -2.69. The summed E-state index contributed by atoms with van der Waals surface area (Å²) in [5.74, 6) is -0.122. The standard InChI is InChI=1S/C20H20F3N3O4S/c1-12(20(21,22)23)30-16-5-4-14(31(2,28)29)8-15(16)17(27)26-10-13-9-19(13,11-26)18-24-6-3-7-25-18/h3-8,12-13H,9-11H2,1-2H3/t12-,13?,19?/m0/s1. The Labute approximate surface area is 177 Å². The number of halogens is 3. The number of fused-ring (bicyclic) bond motifs is 1. The number of alkyl halides is 3. The molecule has 1 aliphatic carbocycles. The molecule has 2 aliphatic rings. The van der Waals surface area contributed by atoms with Crippen molar-refractivity contribution < 1.29 is 31.1 Å². The molecule has 0 radical (unpaired) electrons. The number of benzene rings is 1. The highest BCUT2D eigenvalue weighted by Crippen LogP contribution is 2.58. The third-order valence-electron chi connectivity index (χ3n) is 5.82. The molecule has 4 rings (SSSR count). The molecule has 0 spiro atoms.